The first-order chi connectivity index (χ1) is 26.3. The Morgan fingerprint density at radius 3 is 1.57 bits per heavy atom. The van der Waals surface area contributed by atoms with E-state index < -0.39 is 0 Å². The lowest BCUT2D eigenvalue weighted by atomic mass is 9.44. The van der Waals surface area contributed by atoms with Crippen molar-refractivity contribution in [3.05, 3.63) is 0 Å². The van der Waals surface area contributed by atoms with Crippen LogP contribution in [0, 0.1) is 63.1 Å². The number of fused-ring (bicyclic) bond motifs is 9. The molecule has 0 aromatic rings. The standard InChI is InChI=1S/C23H34O5.C23H36O5/c1-13(24)26-15-7-10-22(4)18-8-9-21(3)17(5-6-19(21)27-14(2)25)16(18)11-20-23(22,12-15)28-20;1-13(24)27-15-7-9-22(3)18-8-10-23(4)17(5-6-21(23)28-14(2)25)16(18)12-20(26)19(22)11-15/h15-20H,5-12H2,1-4H3;15-21,26H,5-12H2,1-4H3/t15-,16-,17?,18?,19-,20+,21-,22+,23+;15-,16-,17?,18?,19+,20+,21-,22+,23-/m00/s1. The summed E-state index contributed by atoms with van der Waals surface area (Å²) in [6.07, 6.45) is 16.4. The highest BCUT2D eigenvalue weighted by Crippen LogP contribution is 2.74. The molecule has 10 heteroatoms. The maximum atomic E-state index is 11.6. The van der Waals surface area contributed by atoms with E-state index in [9.17, 15) is 24.3 Å². The van der Waals surface area contributed by atoms with Crippen molar-refractivity contribution in [3.8, 4) is 0 Å². The molecule has 4 unspecified atom stereocenters. The van der Waals surface area contributed by atoms with Gasteiger partial charge in [0.05, 0.1) is 12.2 Å². The predicted molar refractivity (Wildman–Crippen MR) is 207 cm³/mol. The molecule has 1 N–H and O–H groups in total. The minimum Gasteiger partial charge on any atom is -0.463 e. The minimum absolute atomic E-state index is 0.0146. The van der Waals surface area contributed by atoms with Crippen molar-refractivity contribution in [2.24, 2.45) is 63.1 Å². The Labute approximate surface area is 334 Å². The smallest absolute Gasteiger partial charge is 0.302 e. The number of hydrogen-bond acceptors (Lipinski definition) is 10. The number of ether oxygens (including phenoxy) is 5. The van der Waals surface area contributed by atoms with Crippen LogP contribution in [0.15, 0.2) is 0 Å². The zero-order chi connectivity index (χ0) is 40.2. The van der Waals surface area contributed by atoms with Gasteiger partial charge in [-0.1, -0.05) is 27.7 Å². The van der Waals surface area contributed by atoms with E-state index in [0.717, 1.165) is 89.9 Å². The van der Waals surface area contributed by atoms with Crippen molar-refractivity contribution in [2.45, 2.75) is 200 Å². The van der Waals surface area contributed by atoms with Crippen molar-refractivity contribution in [1.82, 2.24) is 0 Å². The maximum Gasteiger partial charge on any atom is 0.302 e. The van der Waals surface area contributed by atoms with E-state index in [0.29, 0.717) is 41.6 Å². The summed E-state index contributed by atoms with van der Waals surface area (Å²) < 4.78 is 29.0. The second kappa shape index (κ2) is 14.2. The van der Waals surface area contributed by atoms with Gasteiger partial charge in [-0.2, -0.15) is 0 Å². The van der Waals surface area contributed by atoms with Crippen molar-refractivity contribution in [2.75, 3.05) is 0 Å². The molecular formula is C46H70O10. The molecular weight excluding hydrogens is 712 g/mol. The highest BCUT2D eigenvalue weighted by molar-refractivity contribution is 5.67. The van der Waals surface area contributed by atoms with Crippen LogP contribution in [0.5, 0.6) is 0 Å². The fraction of sp³-hybridized carbons (Fsp3) is 0.913. The van der Waals surface area contributed by atoms with E-state index in [1.54, 1.807) is 0 Å². The lowest BCUT2D eigenvalue weighted by Gasteiger charge is -2.62. The summed E-state index contributed by atoms with van der Waals surface area (Å²) in [6.45, 7) is 15.5. The van der Waals surface area contributed by atoms with Crippen LogP contribution in [0.1, 0.15) is 158 Å². The summed E-state index contributed by atoms with van der Waals surface area (Å²) in [5, 5.41) is 11.1. The third-order valence-corrected chi connectivity index (χ3v) is 18.8. The maximum absolute atomic E-state index is 11.6. The topological polar surface area (TPSA) is 138 Å². The molecule has 0 aromatic carbocycles. The van der Waals surface area contributed by atoms with Crippen LogP contribution in [-0.4, -0.2) is 71.2 Å². The first-order valence-corrected chi connectivity index (χ1v) is 22.4. The zero-order valence-electron chi connectivity index (χ0n) is 35.4. The first-order valence-electron chi connectivity index (χ1n) is 22.4. The average molecular weight is 783 g/mol. The molecule has 8 saturated carbocycles. The van der Waals surface area contributed by atoms with E-state index in [-0.39, 0.29) is 87.6 Å². The monoisotopic (exact) mass is 782 g/mol. The van der Waals surface area contributed by atoms with Gasteiger partial charge in [-0.05, 0) is 143 Å². The van der Waals surface area contributed by atoms with Gasteiger partial charge in [0.25, 0.3) is 0 Å². The van der Waals surface area contributed by atoms with E-state index in [1.165, 1.54) is 40.5 Å². The number of esters is 4. The summed E-state index contributed by atoms with van der Waals surface area (Å²) in [5.41, 5.74) is 0.379. The SMILES string of the molecule is CC(=O)O[C@H]1CC[C@]2(C)C3CC[C@@]4(C)C(CC[C@@H]4OC(C)=O)[C@@H]3C[C@@H](O)[C@H]2C1.CC(=O)O[C@H]1CC[C@]2(C)C3CC[C@@]4(C)C(CC[C@@H]4OC(C)=O)[C@@H]3C[C@H]3O[C@]32C1. The lowest BCUT2D eigenvalue weighted by Crippen LogP contribution is -2.59. The zero-order valence-corrected chi connectivity index (χ0v) is 35.4. The second-order valence-electron chi connectivity index (χ2n) is 21.2. The summed E-state index contributed by atoms with van der Waals surface area (Å²) in [4.78, 5) is 46.1. The third-order valence-electron chi connectivity index (χ3n) is 18.8. The Kier molecular flexibility index (Phi) is 10.3. The molecule has 8 aliphatic carbocycles. The Balaban J connectivity index is 0.000000157. The number of rotatable bonds is 4. The molecule has 1 saturated heterocycles. The van der Waals surface area contributed by atoms with Gasteiger partial charge in [0.15, 0.2) is 0 Å². The normalized spacial score (nSPS) is 52.0. The van der Waals surface area contributed by atoms with Crippen LogP contribution in [0.4, 0.5) is 0 Å². The summed E-state index contributed by atoms with van der Waals surface area (Å²) >= 11 is 0. The Morgan fingerprint density at radius 2 is 1.00 bits per heavy atom. The Morgan fingerprint density at radius 1 is 0.518 bits per heavy atom. The fourth-order valence-electron chi connectivity index (χ4n) is 16.3. The van der Waals surface area contributed by atoms with E-state index in [4.69, 9.17) is 23.7 Å². The lowest BCUT2D eigenvalue weighted by molar-refractivity contribution is -0.187. The van der Waals surface area contributed by atoms with E-state index in [2.05, 4.69) is 27.7 Å². The number of carbonyl (C=O) groups is 4. The van der Waals surface area contributed by atoms with Crippen LogP contribution < -0.4 is 0 Å². The number of hydrogen-bond donors (Lipinski definition) is 1. The van der Waals surface area contributed by atoms with Crippen molar-refractivity contribution in [1.29, 1.82) is 0 Å². The van der Waals surface area contributed by atoms with E-state index >= 15 is 0 Å². The molecule has 0 radical (unpaired) electrons. The highest BCUT2D eigenvalue weighted by atomic mass is 16.6. The molecule has 10 nitrogen and oxygen atoms in total. The molecule has 9 aliphatic rings. The number of carbonyl (C=O) groups excluding carboxylic acids is 4. The quantitative estimate of drug-likeness (QED) is 0.170. The van der Waals surface area contributed by atoms with Crippen LogP contribution in [0.2, 0.25) is 0 Å². The molecule has 0 bridgehead atoms. The molecule has 56 heavy (non-hydrogen) atoms. The number of epoxide rings is 1. The molecule has 0 amide bonds. The second-order valence-corrected chi connectivity index (χ2v) is 21.2. The molecule has 314 valence electrons. The van der Waals surface area contributed by atoms with Gasteiger partial charge in [0, 0.05) is 50.4 Å². The van der Waals surface area contributed by atoms with Gasteiger partial charge in [-0.25, -0.2) is 0 Å². The largest absolute Gasteiger partial charge is 0.463 e. The van der Waals surface area contributed by atoms with E-state index in [1.807, 2.05) is 0 Å². The molecule has 18 atom stereocenters. The molecule has 0 aromatic heterocycles. The number of aliphatic hydroxyl groups excluding tert-OH is 1. The Hall–Kier alpha value is -2.20. The van der Waals surface area contributed by atoms with Gasteiger partial charge < -0.3 is 28.8 Å². The van der Waals surface area contributed by atoms with Crippen LogP contribution >= 0.6 is 0 Å². The molecule has 1 aliphatic heterocycles. The summed E-state index contributed by atoms with van der Waals surface area (Å²) in [5.74, 6) is 3.09. The van der Waals surface area contributed by atoms with Gasteiger partial charge in [-0.3, -0.25) is 19.2 Å². The van der Waals surface area contributed by atoms with Gasteiger partial charge in [0.1, 0.15) is 30.0 Å². The predicted octanol–water partition coefficient (Wildman–Crippen LogP) is 7.89. The van der Waals surface area contributed by atoms with Gasteiger partial charge in [0.2, 0.25) is 0 Å². The highest BCUT2D eigenvalue weighted by Gasteiger charge is 2.76. The van der Waals surface area contributed by atoms with Crippen LogP contribution in [0.3, 0.4) is 0 Å². The van der Waals surface area contributed by atoms with Gasteiger partial charge >= 0.3 is 23.9 Å². The fourth-order valence-corrected chi connectivity index (χ4v) is 16.3. The van der Waals surface area contributed by atoms with Crippen LogP contribution in [0.25, 0.3) is 0 Å². The van der Waals surface area contributed by atoms with Crippen molar-refractivity contribution < 1.29 is 48.0 Å². The van der Waals surface area contributed by atoms with Crippen molar-refractivity contribution >= 4 is 23.9 Å². The summed E-state index contributed by atoms with van der Waals surface area (Å²) in [7, 11) is 0. The molecule has 1 spiro atoms. The molecule has 9 rings (SSSR count). The molecule has 9 fully saturated rings. The summed E-state index contributed by atoms with van der Waals surface area (Å²) in [6, 6.07) is 0. The average Bonchev–Trinajstić information content (AvgIpc) is 3.57. The van der Waals surface area contributed by atoms with Crippen LogP contribution in [-0.2, 0) is 42.9 Å². The molecule has 1 heterocycles. The number of aliphatic hydroxyl groups is 1. The van der Waals surface area contributed by atoms with Crippen molar-refractivity contribution in [3.63, 3.8) is 0 Å². The minimum atomic E-state index is -0.334. The third kappa shape index (κ3) is 6.38. The first kappa shape index (κ1) is 40.6. The van der Waals surface area contributed by atoms with Gasteiger partial charge in [-0.15, -0.1) is 0 Å². The Bertz CT molecular complexity index is 1540.